The normalized spacial score (nSPS) is 15.3. The monoisotopic (exact) mass is 660 g/mol. The minimum atomic E-state index is 0.451. The minimum Gasteiger partial charge on any atom is -0.456 e. The Morgan fingerprint density at radius 3 is 2.18 bits per heavy atom. The molecule has 0 saturated carbocycles. The summed E-state index contributed by atoms with van der Waals surface area (Å²) in [5.74, 6) is 1.13. The average molecular weight is 661 g/mol. The van der Waals surface area contributed by atoms with E-state index in [9.17, 15) is 0 Å². The minimum absolute atomic E-state index is 0.451. The van der Waals surface area contributed by atoms with Crippen molar-refractivity contribution in [3.8, 4) is 11.1 Å². The molecule has 4 nitrogen and oxygen atoms in total. The number of rotatable bonds is 6. The molecule has 2 aromatic heterocycles. The molecular weight excluding hydrogens is 625 g/mol. The molecular formula is C47H36N2O2. The molecule has 1 aliphatic carbocycles. The first kappa shape index (κ1) is 30.8. The lowest BCUT2D eigenvalue weighted by Gasteiger charge is -2.17. The standard InChI is InChI=1S/C47H36N2O2/c1-30-11-6-7-16-38(30)36-20-23-41-42-24-21-37(28-46(42)51-45(41)27-36)47(49-31(2)34-14-10-15-35(26-34)33-12-4-3-5-13-33)48-29-32-19-22-40-39-17-8-9-18-43(39)50-44(40)25-32/h3-10,12-28,30H,11,29H2,1-2H3. The van der Waals surface area contributed by atoms with Crippen LogP contribution in [0.15, 0.2) is 171 Å². The van der Waals surface area contributed by atoms with E-state index in [1.807, 2.05) is 24.3 Å². The van der Waals surface area contributed by atoms with E-state index in [1.165, 1.54) is 16.7 Å². The summed E-state index contributed by atoms with van der Waals surface area (Å²) in [5, 5.41) is 4.41. The predicted molar refractivity (Wildman–Crippen MR) is 213 cm³/mol. The highest BCUT2D eigenvalue weighted by atomic mass is 16.3. The molecule has 1 aliphatic rings. The molecule has 9 rings (SSSR count). The molecule has 51 heavy (non-hydrogen) atoms. The van der Waals surface area contributed by atoms with Gasteiger partial charge in [-0.2, -0.15) is 0 Å². The SMILES string of the molecule is CC(=NC(=NCc1ccc2c(c1)oc1ccccc12)c1ccc2c(c1)oc1cc(C3=CC=CCC3C)ccc12)c1cccc(-c2ccccc2)c1. The number of nitrogens with zero attached hydrogens (tertiary/aromatic N) is 2. The lowest BCUT2D eigenvalue weighted by atomic mass is 9.88. The van der Waals surface area contributed by atoms with E-state index < -0.39 is 0 Å². The van der Waals surface area contributed by atoms with Crippen LogP contribution in [0, 0.1) is 5.92 Å². The maximum Gasteiger partial charge on any atom is 0.155 e. The molecule has 0 bridgehead atoms. The van der Waals surface area contributed by atoms with Crippen LogP contribution in [-0.4, -0.2) is 11.5 Å². The first-order valence-corrected chi connectivity index (χ1v) is 17.6. The van der Waals surface area contributed by atoms with Crippen molar-refractivity contribution < 1.29 is 8.83 Å². The number of furan rings is 2. The van der Waals surface area contributed by atoms with Crippen LogP contribution in [0.1, 0.15) is 42.5 Å². The van der Waals surface area contributed by atoms with E-state index in [1.54, 1.807) is 0 Å². The first-order chi connectivity index (χ1) is 25.1. The summed E-state index contributed by atoms with van der Waals surface area (Å²) >= 11 is 0. The summed E-state index contributed by atoms with van der Waals surface area (Å²) < 4.78 is 12.7. The molecule has 4 heteroatoms. The Balaban J connectivity index is 1.12. The second kappa shape index (κ2) is 12.9. The molecule has 246 valence electrons. The van der Waals surface area contributed by atoms with Crippen LogP contribution in [-0.2, 0) is 6.54 Å². The van der Waals surface area contributed by atoms with Gasteiger partial charge in [0.05, 0.1) is 6.54 Å². The van der Waals surface area contributed by atoms with Crippen LogP contribution in [0.4, 0.5) is 0 Å². The fourth-order valence-electron chi connectivity index (χ4n) is 7.23. The van der Waals surface area contributed by atoms with E-state index in [2.05, 4.69) is 141 Å². The van der Waals surface area contributed by atoms with E-state index in [-0.39, 0.29) is 0 Å². The van der Waals surface area contributed by atoms with Crippen molar-refractivity contribution in [2.45, 2.75) is 26.8 Å². The molecule has 0 spiro atoms. The van der Waals surface area contributed by atoms with Crippen LogP contribution in [0.3, 0.4) is 0 Å². The number of aliphatic imine (C=N–C) groups is 2. The van der Waals surface area contributed by atoms with E-state index in [4.69, 9.17) is 18.8 Å². The quantitative estimate of drug-likeness (QED) is 0.132. The van der Waals surface area contributed by atoms with Crippen molar-refractivity contribution >= 4 is 61.0 Å². The van der Waals surface area contributed by atoms with Crippen molar-refractivity contribution in [1.82, 2.24) is 0 Å². The highest BCUT2D eigenvalue weighted by Gasteiger charge is 2.16. The van der Waals surface area contributed by atoms with Crippen LogP contribution >= 0.6 is 0 Å². The van der Waals surface area contributed by atoms with Crippen molar-refractivity contribution in [1.29, 1.82) is 0 Å². The van der Waals surface area contributed by atoms with Crippen LogP contribution in [0.25, 0.3) is 60.6 Å². The molecule has 6 aromatic carbocycles. The molecule has 8 aromatic rings. The van der Waals surface area contributed by atoms with Crippen LogP contribution < -0.4 is 0 Å². The fraction of sp³-hybridized carbons (Fsp3) is 0.106. The third kappa shape index (κ3) is 5.89. The smallest absolute Gasteiger partial charge is 0.155 e. The van der Waals surface area contributed by atoms with Gasteiger partial charge in [-0.1, -0.05) is 116 Å². The van der Waals surface area contributed by atoms with Gasteiger partial charge in [-0.15, -0.1) is 0 Å². The van der Waals surface area contributed by atoms with Crippen molar-refractivity contribution in [3.05, 3.63) is 174 Å². The Kier molecular flexibility index (Phi) is 7.78. The fourth-order valence-corrected chi connectivity index (χ4v) is 7.23. The highest BCUT2D eigenvalue weighted by molar-refractivity contribution is 6.14. The number of benzene rings is 6. The molecule has 0 amide bonds. The molecule has 1 unspecified atom stereocenters. The Morgan fingerprint density at radius 1 is 0.608 bits per heavy atom. The Hall–Kier alpha value is -6.26. The van der Waals surface area contributed by atoms with Crippen LogP contribution in [0.5, 0.6) is 0 Å². The van der Waals surface area contributed by atoms with Gasteiger partial charge in [0.2, 0.25) is 0 Å². The maximum atomic E-state index is 6.54. The largest absolute Gasteiger partial charge is 0.456 e. The number of amidine groups is 1. The van der Waals surface area contributed by atoms with E-state index >= 15 is 0 Å². The predicted octanol–water partition coefficient (Wildman–Crippen LogP) is 12.6. The van der Waals surface area contributed by atoms with Gasteiger partial charge in [-0.05, 0) is 95.1 Å². The molecule has 0 radical (unpaired) electrons. The number of hydrogen-bond donors (Lipinski definition) is 0. The van der Waals surface area contributed by atoms with Gasteiger partial charge in [0, 0.05) is 32.8 Å². The van der Waals surface area contributed by atoms with E-state index in [0.717, 1.165) is 78.3 Å². The Morgan fingerprint density at radius 2 is 1.31 bits per heavy atom. The third-order valence-electron chi connectivity index (χ3n) is 10.0. The van der Waals surface area contributed by atoms with Gasteiger partial charge in [0.1, 0.15) is 22.3 Å². The summed E-state index contributed by atoms with van der Waals surface area (Å²) in [6, 6.07) is 46.4. The highest BCUT2D eigenvalue weighted by Crippen LogP contribution is 2.35. The zero-order chi connectivity index (χ0) is 34.3. The van der Waals surface area contributed by atoms with Crippen molar-refractivity contribution in [3.63, 3.8) is 0 Å². The molecule has 0 N–H and O–H groups in total. The van der Waals surface area contributed by atoms with Gasteiger partial charge in [-0.3, -0.25) is 4.99 Å². The Bertz CT molecular complexity index is 2720. The Labute approximate surface area is 296 Å². The summed E-state index contributed by atoms with van der Waals surface area (Å²) in [5.41, 5.74) is 12.2. The summed E-state index contributed by atoms with van der Waals surface area (Å²) in [7, 11) is 0. The second-order valence-electron chi connectivity index (χ2n) is 13.4. The number of allylic oxidation sites excluding steroid dienone is 4. The zero-order valence-electron chi connectivity index (χ0n) is 28.6. The lowest BCUT2D eigenvalue weighted by molar-refractivity contribution is 0.668. The van der Waals surface area contributed by atoms with Gasteiger partial charge in [0.15, 0.2) is 5.84 Å². The summed E-state index contributed by atoms with van der Waals surface area (Å²) in [6.45, 7) is 4.78. The maximum absolute atomic E-state index is 6.54. The average Bonchev–Trinajstić information content (AvgIpc) is 3.74. The molecule has 1 atom stereocenters. The topological polar surface area (TPSA) is 51.0 Å². The van der Waals surface area contributed by atoms with E-state index in [0.29, 0.717) is 18.3 Å². The molecule has 0 saturated heterocycles. The number of hydrogen-bond acceptors (Lipinski definition) is 3. The van der Waals surface area contributed by atoms with Crippen molar-refractivity contribution in [2.75, 3.05) is 0 Å². The van der Waals surface area contributed by atoms with Gasteiger partial charge in [-0.25, -0.2) is 4.99 Å². The van der Waals surface area contributed by atoms with Gasteiger partial charge in [0.25, 0.3) is 0 Å². The van der Waals surface area contributed by atoms with Crippen molar-refractivity contribution in [2.24, 2.45) is 15.9 Å². The summed E-state index contributed by atoms with van der Waals surface area (Å²) in [6.07, 6.45) is 7.66. The first-order valence-electron chi connectivity index (χ1n) is 17.6. The molecule has 0 fully saturated rings. The van der Waals surface area contributed by atoms with Crippen LogP contribution in [0.2, 0.25) is 0 Å². The zero-order valence-corrected chi connectivity index (χ0v) is 28.6. The number of fused-ring (bicyclic) bond motifs is 6. The third-order valence-corrected chi connectivity index (χ3v) is 10.0. The van der Waals surface area contributed by atoms with Gasteiger partial charge >= 0.3 is 0 Å². The molecule has 2 heterocycles. The molecule has 0 aliphatic heterocycles. The van der Waals surface area contributed by atoms with Gasteiger partial charge < -0.3 is 8.83 Å². The summed E-state index contributed by atoms with van der Waals surface area (Å²) in [4.78, 5) is 10.3. The lowest BCUT2D eigenvalue weighted by Crippen LogP contribution is -2.05. The second-order valence-corrected chi connectivity index (χ2v) is 13.4. The number of para-hydroxylation sites is 1.